The quantitative estimate of drug-likeness (QED) is 0.153. The van der Waals surface area contributed by atoms with E-state index in [4.69, 9.17) is 23.7 Å². The molecule has 14 nitrogen and oxygen atoms in total. The van der Waals surface area contributed by atoms with Crippen molar-refractivity contribution in [1.29, 1.82) is 0 Å². The van der Waals surface area contributed by atoms with Gasteiger partial charge in [-0.1, -0.05) is 0 Å². The number of carbonyl (C=O) groups excluding carboxylic acids is 2. The van der Waals surface area contributed by atoms with Gasteiger partial charge in [0.15, 0.2) is 0 Å². The van der Waals surface area contributed by atoms with E-state index in [0.717, 1.165) is 24.3 Å². The fraction of sp³-hybridized carbons (Fsp3) is 0.636. The summed E-state index contributed by atoms with van der Waals surface area (Å²) in [6, 6.07) is 4.17. The fourth-order valence-electron chi connectivity index (χ4n) is 2.47. The van der Waals surface area contributed by atoms with Gasteiger partial charge in [0.25, 0.3) is 15.7 Å². The van der Waals surface area contributed by atoms with Crippen LogP contribution in [0.25, 0.3) is 0 Å². The average molecular weight is 550 g/mol. The summed E-state index contributed by atoms with van der Waals surface area (Å²) in [4.78, 5) is 33.0. The van der Waals surface area contributed by atoms with Crippen LogP contribution in [0.5, 0.6) is 0 Å². The van der Waals surface area contributed by atoms with Crippen LogP contribution in [-0.4, -0.2) is 90.3 Å². The molecule has 0 spiro atoms. The molecule has 1 aromatic carbocycles. The Morgan fingerprint density at radius 1 is 0.865 bits per heavy atom. The van der Waals surface area contributed by atoms with Gasteiger partial charge in [-0.3, -0.25) is 14.9 Å². The molecule has 2 N–H and O–H groups in total. The Hall–Kier alpha value is -2.85. The molecule has 0 aliphatic carbocycles. The van der Waals surface area contributed by atoms with Crippen LogP contribution in [0.2, 0.25) is 0 Å². The highest BCUT2D eigenvalue weighted by Gasteiger charge is 2.19. The van der Waals surface area contributed by atoms with Crippen LogP contribution in [0, 0.1) is 10.1 Å². The molecule has 0 heterocycles. The molecular weight excluding hydrogens is 514 g/mol. The van der Waals surface area contributed by atoms with Crippen LogP contribution in [0.3, 0.4) is 0 Å². The molecular formula is C22H35N3O11S. The van der Waals surface area contributed by atoms with Crippen LogP contribution in [-0.2, 0) is 38.5 Å². The molecule has 0 saturated heterocycles. The maximum absolute atomic E-state index is 12.1. The number of hydrogen-bond acceptors (Lipinski definition) is 11. The zero-order valence-electron chi connectivity index (χ0n) is 21.2. The van der Waals surface area contributed by atoms with Gasteiger partial charge < -0.3 is 29.0 Å². The monoisotopic (exact) mass is 549 g/mol. The van der Waals surface area contributed by atoms with E-state index in [2.05, 4.69) is 5.32 Å². The summed E-state index contributed by atoms with van der Waals surface area (Å²) in [5.41, 5.74) is -0.808. The second kappa shape index (κ2) is 16.8. The standard InChI is InChI=1S/C22H35N3O11S/c1-22(2,3)36-21(27)23-9-11-33-13-15-35-17-16-34-14-12-32-10-8-20(26)24-37(30,31)19-6-4-18(5-7-19)25(28)29/h4-7H,8-17H2,1-3H3,(H,23,27)(H,24,26). The summed E-state index contributed by atoms with van der Waals surface area (Å²) in [6.45, 7) is 7.87. The van der Waals surface area contributed by atoms with Crippen LogP contribution >= 0.6 is 0 Å². The predicted molar refractivity (Wildman–Crippen MR) is 131 cm³/mol. The molecule has 0 aromatic heterocycles. The normalized spacial score (nSPS) is 11.6. The molecule has 15 heteroatoms. The number of rotatable bonds is 18. The minimum atomic E-state index is -4.13. The Morgan fingerprint density at radius 2 is 1.35 bits per heavy atom. The van der Waals surface area contributed by atoms with Crippen molar-refractivity contribution in [2.45, 2.75) is 37.7 Å². The summed E-state index contributed by atoms with van der Waals surface area (Å²) in [5, 5.41) is 13.2. The number of hydrogen-bond donors (Lipinski definition) is 2. The number of alkyl carbamates (subject to hydrolysis) is 1. The van der Waals surface area contributed by atoms with E-state index in [1.807, 2.05) is 4.72 Å². The molecule has 0 bridgehead atoms. The second-order valence-electron chi connectivity index (χ2n) is 8.41. The van der Waals surface area contributed by atoms with E-state index < -0.39 is 32.5 Å². The third kappa shape index (κ3) is 15.8. The third-order valence-electron chi connectivity index (χ3n) is 4.11. The van der Waals surface area contributed by atoms with Gasteiger partial charge in [-0.15, -0.1) is 0 Å². The number of nitrogens with zero attached hydrogens (tertiary/aromatic N) is 1. The zero-order valence-corrected chi connectivity index (χ0v) is 22.0. The summed E-state index contributed by atoms with van der Waals surface area (Å²) in [6.07, 6.45) is -0.688. The van der Waals surface area contributed by atoms with Crippen molar-refractivity contribution < 1.29 is 46.6 Å². The maximum Gasteiger partial charge on any atom is 0.407 e. The molecule has 0 atom stereocenters. The molecule has 0 fully saturated rings. The van der Waals surface area contributed by atoms with E-state index >= 15 is 0 Å². The van der Waals surface area contributed by atoms with Crippen molar-refractivity contribution in [3.8, 4) is 0 Å². The lowest BCUT2D eigenvalue weighted by Gasteiger charge is -2.19. The Bertz CT molecular complexity index is 948. The maximum atomic E-state index is 12.1. The molecule has 0 aliphatic heterocycles. The second-order valence-corrected chi connectivity index (χ2v) is 10.1. The summed E-state index contributed by atoms with van der Waals surface area (Å²) in [7, 11) is -4.13. The Labute approximate surface area is 216 Å². The van der Waals surface area contributed by atoms with Crippen LogP contribution in [0.4, 0.5) is 10.5 Å². The van der Waals surface area contributed by atoms with Crippen LogP contribution < -0.4 is 10.0 Å². The third-order valence-corrected chi connectivity index (χ3v) is 5.50. The zero-order chi connectivity index (χ0) is 27.7. The van der Waals surface area contributed by atoms with Gasteiger partial charge in [-0.25, -0.2) is 17.9 Å². The number of sulfonamides is 1. The molecule has 1 aromatic rings. The number of carbonyl (C=O) groups is 2. The minimum Gasteiger partial charge on any atom is -0.444 e. The molecule has 210 valence electrons. The smallest absolute Gasteiger partial charge is 0.407 e. The molecule has 1 rings (SSSR count). The number of nitro groups is 1. The van der Waals surface area contributed by atoms with Crippen LogP contribution in [0.15, 0.2) is 29.2 Å². The van der Waals surface area contributed by atoms with Crippen molar-refractivity contribution in [3.05, 3.63) is 34.4 Å². The van der Waals surface area contributed by atoms with E-state index in [0.29, 0.717) is 39.6 Å². The Balaban J connectivity index is 1.97. The lowest BCUT2D eigenvalue weighted by atomic mass is 10.2. The van der Waals surface area contributed by atoms with Gasteiger partial charge >= 0.3 is 6.09 Å². The van der Waals surface area contributed by atoms with Crippen molar-refractivity contribution in [3.63, 3.8) is 0 Å². The molecule has 0 saturated carbocycles. The lowest BCUT2D eigenvalue weighted by Crippen LogP contribution is -2.34. The van der Waals surface area contributed by atoms with Crippen LogP contribution in [0.1, 0.15) is 27.2 Å². The summed E-state index contributed by atoms with van der Waals surface area (Å²) < 4.78 is 52.5. The SMILES string of the molecule is CC(C)(C)OC(=O)NCCOCCOCCOCCOCCC(=O)NS(=O)(=O)c1ccc([N+](=O)[O-])cc1. The molecule has 37 heavy (non-hydrogen) atoms. The number of nitrogens with one attached hydrogen (secondary N) is 2. The molecule has 0 radical (unpaired) electrons. The lowest BCUT2D eigenvalue weighted by molar-refractivity contribution is -0.384. The van der Waals surface area contributed by atoms with Crippen molar-refractivity contribution >= 4 is 27.7 Å². The topological polar surface area (TPSA) is 182 Å². The molecule has 0 aliphatic rings. The molecule has 0 unspecified atom stereocenters. The van der Waals surface area contributed by atoms with Crippen molar-refractivity contribution in [2.24, 2.45) is 0 Å². The average Bonchev–Trinajstić information content (AvgIpc) is 2.80. The summed E-state index contributed by atoms with van der Waals surface area (Å²) >= 11 is 0. The van der Waals surface area contributed by atoms with Gasteiger partial charge in [0.1, 0.15) is 5.60 Å². The number of amides is 2. The highest BCUT2D eigenvalue weighted by molar-refractivity contribution is 7.90. The van der Waals surface area contributed by atoms with Gasteiger partial charge in [0, 0.05) is 18.7 Å². The van der Waals surface area contributed by atoms with Crippen molar-refractivity contribution in [1.82, 2.24) is 10.0 Å². The van der Waals surface area contributed by atoms with Gasteiger partial charge in [0.2, 0.25) is 5.91 Å². The number of benzene rings is 1. The Morgan fingerprint density at radius 3 is 1.84 bits per heavy atom. The van der Waals surface area contributed by atoms with Gasteiger partial charge in [-0.2, -0.15) is 0 Å². The van der Waals surface area contributed by atoms with E-state index in [1.165, 1.54) is 0 Å². The molecule has 2 amide bonds. The first-order valence-electron chi connectivity index (χ1n) is 11.5. The predicted octanol–water partition coefficient (Wildman–Crippen LogP) is 1.38. The van der Waals surface area contributed by atoms with E-state index in [9.17, 15) is 28.1 Å². The number of nitro benzene ring substituents is 1. The fourth-order valence-corrected chi connectivity index (χ4v) is 3.49. The van der Waals surface area contributed by atoms with Gasteiger partial charge in [-0.05, 0) is 32.9 Å². The minimum absolute atomic E-state index is 0.0123. The number of non-ortho nitro benzene ring substituents is 1. The van der Waals surface area contributed by atoms with Crippen molar-refractivity contribution in [2.75, 3.05) is 59.4 Å². The van der Waals surface area contributed by atoms with Gasteiger partial charge in [0.05, 0.1) is 69.1 Å². The highest BCUT2D eigenvalue weighted by Crippen LogP contribution is 2.15. The highest BCUT2D eigenvalue weighted by atomic mass is 32.2. The first-order chi connectivity index (χ1) is 17.4. The van der Waals surface area contributed by atoms with E-state index in [1.54, 1.807) is 20.8 Å². The largest absolute Gasteiger partial charge is 0.444 e. The first-order valence-corrected chi connectivity index (χ1v) is 13.0. The first kappa shape index (κ1) is 32.2. The number of ether oxygens (including phenoxy) is 5. The van der Waals surface area contributed by atoms with E-state index in [-0.39, 0.29) is 36.8 Å². The Kier molecular flexibility index (Phi) is 14.6. The summed E-state index contributed by atoms with van der Waals surface area (Å²) in [5.74, 6) is -0.768.